The maximum absolute atomic E-state index is 5.55. The van der Waals surface area contributed by atoms with Crippen molar-refractivity contribution in [2.24, 2.45) is 0 Å². The van der Waals surface area contributed by atoms with Gasteiger partial charge in [0.2, 0.25) is 5.89 Å². The molecule has 0 saturated carbocycles. The van der Waals surface area contributed by atoms with E-state index in [2.05, 4.69) is 15.5 Å². The zero-order valence-corrected chi connectivity index (χ0v) is 10.5. The lowest BCUT2D eigenvalue weighted by Crippen LogP contribution is -2.48. The van der Waals surface area contributed by atoms with Crippen molar-refractivity contribution in [3.8, 4) is 0 Å². The SMILES string of the molecule is Cc1nc(CCNC2COC(C)(C)OC2)no1. The maximum atomic E-state index is 5.55. The molecule has 17 heavy (non-hydrogen) atoms. The number of nitrogens with zero attached hydrogens (tertiary/aromatic N) is 2. The standard InChI is InChI=1S/C11H19N3O3/c1-8-13-10(14-17-8)4-5-12-9-6-15-11(2,3)16-7-9/h9,12H,4-7H2,1-3H3. The number of ether oxygens (including phenoxy) is 2. The zero-order chi connectivity index (χ0) is 12.3. The largest absolute Gasteiger partial charge is 0.349 e. The second-order valence-corrected chi connectivity index (χ2v) is 4.65. The van der Waals surface area contributed by atoms with E-state index in [1.807, 2.05) is 13.8 Å². The summed E-state index contributed by atoms with van der Waals surface area (Å²) in [7, 11) is 0. The van der Waals surface area contributed by atoms with Crippen molar-refractivity contribution in [3.63, 3.8) is 0 Å². The van der Waals surface area contributed by atoms with Crippen LogP contribution in [-0.4, -0.2) is 41.7 Å². The molecule has 1 N–H and O–H groups in total. The van der Waals surface area contributed by atoms with Crippen molar-refractivity contribution >= 4 is 0 Å². The van der Waals surface area contributed by atoms with Crippen LogP contribution in [-0.2, 0) is 15.9 Å². The highest BCUT2D eigenvalue weighted by atomic mass is 16.7. The molecule has 0 amide bonds. The van der Waals surface area contributed by atoms with Gasteiger partial charge < -0.3 is 19.3 Å². The summed E-state index contributed by atoms with van der Waals surface area (Å²) in [6.07, 6.45) is 0.747. The zero-order valence-electron chi connectivity index (χ0n) is 10.5. The molecule has 0 aliphatic carbocycles. The molecule has 1 aliphatic rings. The molecule has 96 valence electrons. The van der Waals surface area contributed by atoms with Crippen LogP contribution in [0.5, 0.6) is 0 Å². The first-order valence-electron chi connectivity index (χ1n) is 5.86. The molecule has 6 nitrogen and oxygen atoms in total. The van der Waals surface area contributed by atoms with Crippen molar-refractivity contribution in [1.29, 1.82) is 0 Å². The van der Waals surface area contributed by atoms with Gasteiger partial charge in [0.1, 0.15) is 0 Å². The van der Waals surface area contributed by atoms with Gasteiger partial charge in [-0.25, -0.2) is 0 Å². The Morgan fingerprint density at radius 1 is 1.35 bits per heavy atom. The molecule has 0 radical (unpaired) electrons. The van der Waals surface area contributed by atoms with Crippen LogP contribution >= 0.6 is 0 Å². The predicted molar refractivity (Wildman–Crippen MR) is 60.5 cm³/mol. The van der Waals surface area contributed by atoms with Crippen LogP contribution < -0.4 is 5.32 Å². The van der Waals surface area contributed by atoms with E-state index in [1.54, 1.807) is 6.92 Å². The Labute approximate surface area is 101 Å². The second kappa shape index (κ2) is 5.12. The van der Waals surface area contributed by atoms with Crippen molar-refractivity contribution < 1.29 is 14.0 Å². The molecular formula is C11H19N3O3. The molecule has 0 spiro atoms. The minimum Gasteiger partial charge on any atom is -0.349 e. The summed E-state index contributed by atoms with van der Waals surface area (Å²) in [5.74, 6) is 0.877. The third-order valence-electron chi connectivity index (χ3n) is 2.62. The first-order valence-corrected chi connectivity index (χ1v) is 5.86. The van der Waals surface area contributed by atoms with Crippen LogP contribution in [0.25, 0.3) is 0 Å². The van der Waals surface area contributed by atoms with Crippen LogP contribution in [0, 0.1) is 6.92 Å². The minimum absolute atomic E-state index is 0.232. The van der Waals surface area contributed by atoms with Crippen LogP contribution in [0.2, 0.25) is 0 Å². The fourth-order valence-corrected chi connectivity index (χ4v) is 1.64. The van der Waals surface area contributed by atoms with Crippen molar-refractivity contribution in [3.05, 3.63) is 11.7 Å². The third-order valence-corrected chi connectivity index (χ3v) is 2.62. The Hall–Kier alpha value is -0.980. The highest BCUT2D eigenvalue weighted by molar-refractivity contribution is 4.85. The lowest BCUT2D eigenvalue weighted by atomic mass is 10.2. The van der Waals surface area contributed by atoms with Gasteiger partial charge in [0.15, 0.2) is 11.6 Å². The highest BCUT2D eigenvalue weighted by Crippen LogP contribution is 2.16. The molecule has 0 bridgehead atoms. The van der Waals surface area contributed by atoms with Gasteiger partial charge in [-0.1, -0.05) is 5.16 Å². The van der Waals surface area contributed by atoms with Crippen molar-refractivity contribution in [1.82, 2.24) is 15.5 Å². The summed E-state index contributed by atoms with van der Waals surface area (Å²) in [5.41, 5.74) is 0. The van der Waals surface area contributed by atoms with Gasteiger partial charge in [-0.15, -0.1) is 0 Å². The summed E-state index contributed by atoms with van der Waals surface area (Å²) < 4.78 is 16.0. The van der Waals surface area contributed by atoms with Crippen LogP contribution in [0.4, 0.5) is 0 Å². The van der Waals surface area contributed by atoms with E-state index in [1.165, 1.54) is 0 Å². The Morgan fingerprint density at radius 2 is 2.06 bits per heavy atom. The van der Waals surface area contributed by atoms with Gasteiger partial charge in [-0.05, 0) is 13.8 Å². The van der Waals surface area contributed by atoms with E-state index in [-0.39, 0.29) is 6.04 Å². The quantitative estimate of drug-likeness (QED) is 0.835. The van der Waals surface area contributed by atoms with Crippen LogP contribution in [0.15, 0.2) is 4.52 Å². The first kappa shape index (κ1) is 12.5. The van der Waals surface area contributed by atoms with Gasteiger partial charge in [-0.3, -0.25) is 0 Å². The summed E-state index contributed by atoms with van der Waals surface area (Å²) in [6, 6.07) is 0.232. The average molecular weight is 241 g/mol. The Kier molecular flexibility index (Phi) is 3.76. The number of aryl methyl sites for hydroxylation is 1. The number of rotatable bonds is 4. The lowest BCUT2D eigenvalue weighted by Gasteiger charge is -2.35. The van der Waals surface area contributed by atoms with E-state index in [9.17, 15) is 0 Å². The lowest BCUT2D eigenvalue weighted by molar-refractivity contribution is -0.252. The first-order chi connectivity index (χ1) is 8.05. The van der Waals surface area contributed by atoms with E-state index in [0.29, 0.717) is 19.1 Å². The fraction of sp³-hybridized carbons (Fsp3) is 0.818. The number of aromatic nitrogens is 2. The monoisotopic (exact) mass is 241 g/mol. The van der Waals surface area contributed by atoms with Gasteiger partial charge >= 0.3 is 0 Å². The maximum Gasteiger partial charge on any atom is 0.223 e. The summed E-state index contributed by atoms with van der Waals surface area (Å²) in [5, 5.41) is 7.18. The molecule has 0 unspecified atom stereocenters. The van der Waals surface area contributed by atoms with Crippen LogP contribution in [0.3, 0.4) is 0 Å². The molecule has 1 fully saturated rings. The molecule has 0 aromatic carbocycles. The molecule has 2 heterocycles. The van der Waals surface area contributed by atoms with E-state index in [4.69, 9.17) is 14.0 Å². The number of nitrogens with one attached hydrogen (secondary N) is 1. The van der Waals surface area contributed by atoms with Crippen LogP contribution in [0.1, 0.15) is 25.6 Å². The van der Waals surface area contributed by atoms with Gasteiger partial charge in [0.25, 0.3) is 0 Å². The van der Waals surface area contributed by atoms with Gasteiger partial charge in [0, 0.05) is 19.9 Å². The molecule has 1 aromatic rings. The van der Waals surface area contributed by atoms with E-state index in [0.717, 1.165) is 18.8 Å². The smallest absolute Gasteiger partial charge is 0.223 e. The normalized spacial score (nSPS) is 20.6. The fourth-order valence-electron chi connectivity index (χ4n) is 1.64. The number of hydrogen-bond acceptors (Lipinski definition) is 6. The Morgan fingerprint density at radius 3 is 2.65 bits per heavy atom. The molecule has 2 rings (SSSR count). The summed E-state index contributed by atoms with van der Waals surface area (Å²) >= 11 is 0. The Balaban J connectivity index is 1.66. The second-order valence-electron chi connectivity index (χ2n) is 4.65. The van der Waals surface area contributed by atoms with Crippen molar-refractivity contribution in [2.75, 3.05) is 19.8 Å². The van der Waals surface area contributed by atoms with E-state index < -0.39 is 5.79 Å². The predicted octanol–water partition coefficient (Wildman–Crippen LogP) is 0.662. The minimum atomic E-state index is -0.455. The Bertz CT molecular complexity index is 355. The third kappa shape index (κ3) is 3.76. The highest BCUT2D eigenvalue weighted by Gasteiger charge is 2.27. The average Bonchev–Trinajstić information content (AvgIpc) is 2.67. The molecular weight excluding hydrogens is 222 g/mol. The van der Waals surface area contributed by atoms with Crippen molar-refractivity contribution in [2.45, 2.75) is 39.0 Å². The summed E-state index contributed by atoms with van der Waals surface area (Å²) in [6.45, 7) is 7.75. The molecule has 1 saturated heterocycles. The molecule has 1 aliphatic heterocycles. The van der Waals surface area contributed by atoms with Gasteiger partial charge in [-0.2, -0.15) is 4.98 Å². The van der Waals surface area contributed by atoms with Gasteiger partial charge in [0.05, 0.1) is 19.3 Å². The molecule has 1 aromatic heterocycles. The summed E-state index contributed by atoms with van der Waals surface area (Å²) in [4.78, 5) is 4.14. The molecule has 6 heteroatoms. The number of hydrogen-bond donors (Lipinski definition) is 1. The molecule has 0 atom stereocenters. The van der Waals surface area contributed by atoms with E-state index >= 15 is 0 Å². The topological polar surface area (TPSA) is 69.4 Å².